The second-order valence-electron chi connectivity index (χ2n) is 4.48. The van der Waals surface area contributed by atoms with Crippen molar-refractivity contribution in [3.8, 4) is 0 Å². The zero-order valence-corrected chi connectivity index (χ0v) is 11.1. The summed E-state index contributed by atoms with van der Waals surface area (Å²) in [6.07, 6.45) is 1.29. The highest BCUT2D eigenvalue weighted by Crippen LogP contribution is 2.22. The Kier molecular flexibility index (Phi) is 3.65. The predicted octanol–water partition coefficient (Wildman–Crippen LogP) is 0.592. The Morgan fingerprint density at radius 3 is 2.56 bits per heavy atom. The van der Waals surface area contributed by atoms with Gasteiger partial charge >= 0.3 is 0 Å². The molecule has 0 aliphatic carbocycles. The fraction of sp³-hybridized carbons (Fsp3) is 0.545. The Morgan fingerprint density at radius 1 is 1.39 bits per heavy atom. The number of halogens is 1. The minimum absolute atomic E-state index is 0.222. The van der Waals surface area contributed by atoms with Crippen LogP contribution in [0.15, 0.2) is 23.4 Å². The van der Waals surface area contributed by atoms with Gasteiger partial charge in [0.05, 0.1) is 0 Å². The number of pyridine rings is 1. The molecule has 0 saturated carbocycles. The smallest absolute Gasteiger partial charge is 0.264 e. The molecule has 1 fully saturated rings. The Hall–Kier alpha value is -1.05. The Balaban J connectivity index is 2.45. The van der Waals surface area contributed by atoms with Crippen LogP contribution in [-0.2, 0) is 10.0 Å². The van der Waals surface area contributed by atoms with Crippen LogP contribution in [-0.4, -0.2) is 42.9 Å². The van der Waals surface area contributed by atoms with E-state index < -0.39 is 20.9 Å². The molecule has 1 aliphatic rings. The van der Waals surface area contributed by atoms with Crippen LogP contribution in [0.4, 0.5) is 4.39 Å². The van der Waals surface area contributed by atoms with Crippen LogP contribution in [0, 0.1) is 5.82 Å². The third kappa shape index (κ3) is 2.25. The summed E-state index contributed by atoms with van der Waals surface area (Å²) in [5.41, 5.74) is 0. The van der Waals surface area contributed by atoms with Crippen molar-refractivity contribution in [2.24, 2.45) is 0 Å². The zero-order valence-electron chi connectivity index (χ0n) is 10.3. The van der Waals surface area contributed by atoms with Crippen molar-refractivity contribution in [2.45, 2.75) is 31.0 Å². The van der Waals surface area contributed by atoms with Gasteiger partial charge in [0.25, 0.3) is 10.0 Å². The highest BCUT2D eigenvalue weighted by atomic mass is 32.2. The second kappa shape index (κ2) is 4.91. The van der Waals surface area contributed by atoms with E-state index in [1.165, 1.54) is 16.6 Å². The number of hydrogen-bond donors (Lipinski definition) is 1. The minimum atomic E-state index is -3.88. The molecule has 0 radical (unpaired) electrons. The monoisotopic (exact) mass is 273 g/mol. The fourth-order valence-electron chi connectivity index (χ4n) is 2.25. The Morgan fingerprint density at radius 2 is 2.00 bits per heavy atom. The van der Waals surface area contributed by atoms with Gasteiger partial charge in [-0.1, -0.05) is 0 Å². The van der Waals surface area contributed by atoms with Gasteiger partial charge < -0.3 is 5.32 Å². The first-order chi connectivity index (χ1) is 8.44. The predicted molar refractivity (Wildman–Crippen MR) is 65.0 cm³/mol. The average Bonchev–Trinajstić information content (AvgIpc) is 2.28. The van der Waals surface area contributed by atoms with E-state index in [0.717, 1.165) is 6.07 Å². The van der Waals surface area contributed by atoms with Gasteiger partial charge in [-0.05, 0) is 26.0 Å². The summed E-state index contributed by atoms with van der Waals surface area (Å²) >= 11 is 0. The van der Waals surface area contributed by atoms with E-state index in [2.05, 4.69) is 10.3 Å². The van der Waals surface area contributed by atoms with Crippen molar-refractivity contribution in [3.05, 3.63) is 24.1 Å². The van der Waals surface area contributed by atoms with Gasteiger partial charge in [0.15, 0.2) is 5.82 Å². The van der Waals surface area contributed by atoms with Crippen molar-refractivity contribution in [2.75, 3.05) is 13.1 Å². The molecule has 1 aliphatic heterocycles. The molecule has 0 bridgehead atoms. The SMILES string of the molecule is CC1CNCC(C)N1S(=O)(=O)c1ncccc1F. The first kappa shape index (κ1) is 13.4. The lowest BCUT2D eigenvalue weighted by Crippen LogP contribution is -2.57. The quantitative estimate of drug-likeness (QED) is 0.857. The summed E-state index contributed by atoms with van der Waals surface area (Å²) in [7, 11) is -3.88. The molecule has 1 aromatic rings. The molecular formula is C11H16FN3O2S. The summed E-state index contributed by atoms with van der Waals surface area (Å²) in [6, 6.07) is 2.04. The molecule has 2 rings (SSSR count). The molecule has 7 heteroatoms. The van der Waals surface area contributed by atoms with Crippen molar-refractivity contribution >= 4 is 10.0 Å². The summed E-state index contributed by atoms with van der Waals surface area (Å²) in [5.74, 6) is -0.810. The van der Waals surface area contributed by atoms with Crippen LogP contribution < -0.4 is 5.32 Å². The molecule has 0 spiro atoms. The normalized spacial score (nSPS) is 26.2. The van der Waals surface area contributed by atoms with Gasteiger partial charge in [-0.2, -0.15) is 4.31 Å². The molecule has 1 saturated heterocycles. The van der Waals surface area contributed by atoms with Crippen LogP contribution in [0.1, 0.15) is 13.8 Å². The van der Waals surface area contributed by atoms with Crippen molar-refractivity contribution in [1.82, 2.24) is 14.6 Å². The maximum Gasteiger partial charge on any atom is 0.264 e. The molecule has 100 valence electrons. The first-order valence-corrected chi connectivity index (χ1v) is 7.23. The maximum absolute atomic E-state index is 13.6. The molecule has 0 aromatic carbocycles. The van der Waals surface area contributed by atoms with Crippen LogP contribution in [0.3, 0.4) is 0 Å². The average molecular weight is 273 g/mol. The second-order valence-corrected chi connectivity index (χ2v) is 6.24. The number of rotatable bonds is 2. The van der Waals surface area contributed by atoms with Gasteiger partial charge in [0.1, 0.15) is 0 Å². The van der Waals surface area contributed by atoms with Crippen LogP contribution in [0.2, 0.25) is 0 Å². The van der Waals surface area contributed by atoms with Crippen molar-refractivity contribution < 1.29 is 12.8 Å². The molecular weight excluding hydrogens is 257 g/mol. The Bertz CT molecular complexity index is 525. The standard InChI is InChI=1S/C11H16FN3O2S/c1-8-6-13-7-9(2)15(8)18(16,17)11-10(12)4-3-5-14-11/h3-5,8-9,13H,6-7H2,1-2H3. The Labute approximate surface area is 106 Å². The largest absolute Gasteiger partial charge is 0.314 e. The highest BCUT2D eigenvalue weighted by molar-refractivity contribution is 7.89. The van der Waals surface area contributed by atoms with Crippen LogP contribution in [0.5, 0.6) is 0 Å². The fourth-order valence-corrected chi connectivity index (χ4v) is 4.06. The first-order valence-electron chi connectivity index (χ1n) is 5.79. The van der Waals surface area contributed by atoms with Crippen LogP contribution >= 0.6 is 0 Å². The molecule has 18 heavy (non-hydrogen) atoms. The lowest BCUT2D eigenvalue weighted by Gasteiger charge is -2.37. The molecule has 2 unspecified atom stereocenters. The van der Waals surface area contributed by atoms with E-state index in [1.807, 2.05) is 0 Å². The van der Waals surface area contributed by atoms with Gasteiger partial charge in [0, 0.05) is 31.4 Å². The molecule has 5 nitrogen and oxygen atoms in total. The lowest BCUT2D eigenvalue weighted by atomic mass is 10.2. The molecule has 0 amide bonds. The van der Waals surface area contributed by atoms with E-state index in [9.17, 15) is 12.8 Å². The minimum Gasteiger partial charge on any atom is -0.314 e. The summed E-state index contributed by atoms with van der Waals surface area (Å²) in [5, 5.41) is 2.64. The number of hydrogen-bond acceptors (Lipinski definition) is 4. The van der Waals surface area contributed by atoms with E-state index in [0.29, 0.717) is 13.1 Å². The van der Waals surface area contributed by atoms with Crippen molar-refractivity contribution in [3.63, 3.8) is 0 Å². The van der Waals surface area contributed by atoms with Gasteiger partial charge in [-0.15, -0.1) is 0 Å². The van der Waals surface area contributed by atoms with Gasteiger partial charge in [-0.3, -0.25) is 0 Å². The van der Waals surface area contributed by atoms with Gasteiger partial charge in [-0.25, -0.2) is 17.8 Å². The topological polar surface area (TPSA) is 62.3 Å². The van der Waals surface area contributed by atoms with Crippen LogP contribution in [0.25, 0.3) is 0 Å². The van der Waals surface area contributed by atoms with Crippen molar-refractivity contribution in [1.29, 1.82) is 0 Å². The number of piperazine rings is 1. The van der Waals surface area contributed by atoms with E-state index in [-0.39, 0.29) is 12.1 Å². The summed E-state index contributed by atoms with van der Waals surface area (Å²) in [4.78, 5) is 3.67. The zero-order chi connectivity index (χ0) is 13.3. The van der Waals surface area contributed by atoms with Gasteiger partial charge in [0.2, 0.25) is 5.03 Å². The molecule has 2 heterocycles. The number of aromatic nitrogens is 1. The highest BCUT2D eigenvalue weighted by Gasteiger charge is 2.37. The molecule has 2 atom stereocenters. The number of nitrogens with zero attached hydrogens (tertiary/aromatic N) is 2. The maximum atomic E-state index is 13.6. The van der Waals surface area contributed by atoms with E-state index in [4.69, 9.17) is 0 Å². The number of sulfonamides is 1. The van der Waals surface area contributed by atoms with E-state index >= 15 is 0 Å². The number of nitrogens with one attached hydrogen (secondary N) is 1. The summed E-state index contributed by atoms with van der Waals surface area (Å²) in [6.45, 7) is 4.69. The third-order valence-corrected chi connectivity index (χ3v) is 5.06. The van der Waals surface area contributed by atoms with E-state index in [1.54, 1.807) is 13.8 Å². The summed E-state index contributed by atoms with van der Waals surface area (Å²) < 4.78 is 39.8. The third-order valence-electron chi connectivity index (χ3n) is 2.99. The molecule has 1 N–H and O–H groups in total. The lowest BCUT2D eigenvalue weighted by molar-refractivity contribution is 0.218. The molecule has 1 aromatic heterocycles.